The Morgan fingerprint density at radius 2 is 2.35 bits per heavy atom. The van der Waals surface area contributed by atoms with Crippen LogP contribution < -0.4 is 5.73 Å². The summed E-state index contributed by atoms with van der Waals surface area (Å²) in [7, 11) is -3.39. The quantitative estimate of drug-likeness (QED) is 0.891. The van der Waals surface area contributed by atoms with Crippen molar-refractivity contribution >= 4 is 21.4 Å². The van der Waals surface area contributed by atoms with Gasteiger partial charge in [-0.1, -0.05) is 6.42 Å². The van der Waals surface area contributed by atoms with Crippen LogP contribution in [0, 0.1) is 6.92 Å². The molecule has 17 heavy (non-hydrogen) atoms. The third-order valence-corrected chi connectivity index (χ3v) is 6.31. The molecule has 2 heterocycles. The third-order valence-electron chi connectivity index (χ3n) is 3.01. The van der Waals surface area contributed by atoms with Crippen LogP contribution in [-0.2, 0) is 10.0 Å². The Morgan fingerprint density at radius 3 is 2.94 bits per heavy atom. The molecular weight excluding hydrogens is 258 g/mol. The molecule has 1 aromatic rings. The number of sulfonamides is 1. The van der Waals surface area contributed by atoms with E-state index in [9.17, 15) is 8.42 Å². The Kier molecular flexibility index (Phi) is 3.82. The molecule has 0 bridgehead atoms. The molecule has 1 saturated heterocycles. The van der Waals surface area contributed by atoms with Gasteiger partial charge in [-0.15, -0.1) is 11.3 Å². The van der Waals surface area contributed by atoms with E-state index in [-0.39, 0.29) is 6.04 Å². The lowest BCUT2D eigenvalue weighted by Crippen LogP contribution is -2.47. The van der Waals surface area contributed by atoms with E-state index in [0.29, 0.717) is 17.3 Å². The Hall–Kier alpha value is -0.500. The molecule has 1 aliphatic rings. The molecule has 0 radical (unpaired) electrons. The maximum absolute atomic E-state index is 12.4. The van der Waals surface area contributed by atoms with Gasteiger partial charge in [-0.2, -0.15) is 4.31 Å². The Labute approximate surface area is 106 Å². The molecule has 0 aliphatic carbocycles. The molecule has 1 atom stereocenters. The first-order valence-electron chi connectivity index (χ1n) is 5.70. The van der Waals surface area contributed by atoms with Gasteiger partial charge in [-0.05, 0) is 19.8 Å². The van der Waals surface area contributed by atoms with Gasteiger partial charge in [0.15, 0.2) is 4.21 Å². The van der Waals surface area contributed by atoms with Gasteiger partial charge in [0.25, 0.3) is 10.0 Å². The average Bonchev–Trinajstić information content (AvgIpc) is 2.76. The fourth-order valence-corrected chi connectivity index (χ4v) is 5.05. The van der Waals surface area contributed by atoms with E-state index in [0.717, 1.165) is 24.3 Å². The summed E-state index contributed by atoms with van der Waals surface area (Å²) in [6.07, 6.45) is 4.26. The molecule has 7 heteroatoms. The molecule has 2 N–H and O–H groups in total. The lowest BCUT2D eigenvalue weighted by atomic mass is 10.1. The molecule has 0 amide bonds. The first-order valence-corrected chi connectivity index (χ1v) is 7.95. The molecular formula is C10H17N3O2S2. The van der Waals surface area contributed by atoms with Crippen LogP contribution in [0.3, 0.4) is 0 Å². The van der Waals surface area contributed by atoms with Gasteiger partial charge in [0, 0.05) is 19.1 Å². The summed E-state index contributed by atoms with van der Waals surface area (Å²) in [6.45, 7) is 2.76. The van der Waals surface area contributed by atoms with E-state index in [1.165, 1.54) is 17.5 Å². The van der Waals surface area contributed by atoms with Gasteiger partial charge in [-0.25, -0.2) is 13.4 Å². The van der Waals surface area contributed by atoms with Gasteiger partial charge in [0.05, 0.1) is 11.2 Å². The third kappa shape index (κ3) is 2.52. The van der Waals surface area contributed by atoms with Crippen molar-refractivity contribution in [1.29, 1.82) is 0 Å². The van der Waals surface area contributed by atoms with E-state index in [4.69, 9.17) is 5.73 Å². The first-order chi connectivity index (χ1) is 8.05. The van der Waals surface area contributed by atoms with Gasteiger partial charge in [-0.3, -0.25) is 0 Å². The summed E-state index contributed by atoms with van der Waals surface area (Å²) < 4.78 is 26.7. The van der Waals surface area contributed by atoms with Crippen molar-refractivity contribution in [2.45, 2.75) is 36.4 Å². The van der Waals surface area contributed by atoms with Crippen LogP contribution in [0.1, 0.15) is 24.3 Å². The first kappa shape index (κ1) is 12.9. The monoisotopic (exact) mass is 275 g/mol. The van der Waals surface area contributed by atoms with E-state index in [1.54, 1.807) is 11.2 Å². The van der Waals surface area contributed by atoms with E-state index in [2.05, 4.69) is 4.98 Å². The molecule has 1 aromatic heterocycles. The van der Waals surface area contributed by atoms with E-state index >= 15 is 0 Å². The molecule has 1 unspecified atom stereocenters. The molecule has 96 valence electrons. The zero-order valence-corrected chi connectivity index (χ0v) is 11.4. The summed E-state index contributed by atoms with van der Waals surface area (Å²) in [5, 5.41) is 0.768. The van der Waals surface area contributed by atoms with Crippen LogP contribution in [0.5, 0.6) is 0 Å². The van der Waals surface area contributed by atoms with Crippen LogP contribution in [0.4, 0.5) is 0 Å². The normalized spacial score (nSPS) is 22.8. The number of aromatic nitrogens is 1. The summed E-state index contributed by atoms with van der Waals surface area (Å²) in [6, 6.07) is -0.0591. The molecule has 1 fully saturated rings. The highest BCUT2D eigenvalue weighted by molar-refractivity contribution is 7.91. The van der Waals surface area contributed by atoms with Gasteiger partial charge in [0.1, 0.15) is 0 Å². The number of nitrogens with two attached hydrogens (primary N) is 1. The number of aryl methyl sites for hydroxylation is 1. The Balaban J connectivity index is 2.30. The number of rotatable bonds is 3. The molecule has 2 rings (SSSR count). The highest BCUT2D eigenvalue weighted by atomic mass is 32.2. The highest BCUT2D eigenvalue weighted by Crippen LogP contribution is 2.27. The summed E-state index contributed by atoms with van der Waals surface area (Å²) in [5.41, 5.74) is 5.66. The maximum Gasteiger partial charge on any atom is 0.254 e. The van der Waals surface area contributed by atoms with Gasteiger partial charge >= 0.3 is 0 Å². The Bertz CT molecular complexity index is 483. The summed E-state index contributed by atoms with van der Waals surface area (Å²) in [4.78, 5) is 4.01. The number of thiazole rings is 1. The van der Waals surface area contributed by atoms with Crippen molar-refractivity contribution in [2.75, 3.05) is 13.1 Å². The number of hydrogen-bond donors (Lipinski definition) is 1. The van der Waals surface area contributed by atoms with Crippen molar-refractivity contribution in [3.05, 3.63) is 11.2 Å². The SMILES string of the molecule is Cc1ncc(S(=O)(=O)N2CCCCC2CN)s1. The van der Waals surface area contributed by atoms with Crippen molar-refractivity contribution in [1.82, 2.24) is 9.29 Å². The highest BCUT2D eigenvalue weighted by Gasteiger charge is 2.33. The lowest BCUT2D eigenvalue weighted by Gasteiger charge is -2.33. The zero-order chi connectivity index (χ0) is 12.5. The van der Waals surface area contributed by atoms with Crippen LogP contribution in [-0.4, -0.2) is 36.8 Å². The summed E-state index contributed by atoms with van der Waals surface area (Å²) in [5.74, 6) is 0. The standard InChI is InChI=1S/C10H17N3O2S2/c1-8-12-7-10(16-8)17(14,15)13-5-3-2-4-9(13)6-11/h7,9H,2-6,11H2,1H3. The second-order valence-corrected chi connectivity index (χ2v) is 7.55. The summed E-state index contributed by atoms with van der Waals surface area (Å²) >= 11 is 1.22. The van der Waals surface area contributed by atoms with E-state index < -0.39 is 10.0 Å². The topological polar surface area (TPSA) is 76.3 Å². The zero-order valence-electron chi connectivity index (χ0n) is 9.80. The van der Waals surface area contributed by atoms with E-state index in [1.807, 2.05) is 0 Å². The minimum absolute atomic E-state index is 0.0591. The fourth-order valence-electron chi connectivity index (χ4n) is 2.10. The van der Waals surface area contributed by atoms with Gasteiger partial charge in [0.2, 0.25) is 0 Å². The molecule has 5 nitrogen and oxygen atoms in total. The fraction of sp³-hybridized carbons (Fsp3) is 0.700. The van der Waals surface area contributed by atoms with Crippen LogP contribution in [0.25, 0.3) is 0 Å². The van der Waals surface area contributed by atoms with Crippen LogP contribution in [0.2, 0.25) is 0 Å². The molecule has 0 aromatic carbocycles. The number of nitrogens with zero attached hydrogens (tertiary/aromatic N) is 2. The maximum atomic E-state index is 12.4. The molecule has 0 spiro atoms. The van der Waals surface area contributed by atoms with Crippen molar-refractivity contribution in [3.63, 3.8) is 0 Å². The van der Waals surface area contributed by atoms with Crippen molar-refractivity contribution < 1.29 is 8.42 Å². The van der Waals surface area contributed by atoms with Crippen LogP contribution >= 0.6 is 11.3 Å². The second-order valence-electron chi connectivity index (χ2n) is 4.20. The molecule has 1 aliphatic heterocycles. The average molecular weight is 275 g/mol. The minimum atomic E-state index is -3.39. The number of hydrogen-bond acceptors (Lipinski definition) is 5. The predicted octanol–water partition coefficient (Wildman–Crippen LogP) is 0.953. The van der Waals surface area contributed by atoms with Crippen molar-refractivity contribution in [3.8, 4) is 0 Å². The second kappa shape index (κ2) is 5.01. The minimum Gasteiger partial charge on any atom is -0.329 e. The lowest BCUT2D eigenvalue weighted by molar-refractivity contribution is 0.258. The molecule has 0 saturated carbocycles. The smallest absolute Gasteiger partial charge is 0.254 e. The van der Waals surface area contributed by atoms with Crippen LogP contribution in [0.15, 0.2) is 10.4 Å². The number of piperidine rings is 1. The van der Waals surface area contributed by atoms with Crippen molar-refractivity contribution in [2.24, 2.45) is 5.73 Å². The largest absolute Gasteiger partial charge is 0.329 e. The van der Waals surface area contributed by atoms with Gasteiger partial charge < -0.3 is 5.73 Å². The predicted molar refractivity (Wildman–Crippen MR) is 67.4 cm³/mol. The Morgan fingerprint density at radius 1 is 1.59 bits per heavy atom.